The number of nitrogens with zero attached hydrogens (tertiary/aromatic N) is 4. The van der Waals surface area contributed by atoms with Crippen molar-refractivity contribution in [1.82, 2.24) is 14.5 Å². The van der Waals surface area contributed by atoms with E-state index in [0.717, 1.165) is 33.5 Å². The molecule has 0 bridgehead atoms. The molecule has 0 unspecified atom stereocenters. The van der Waals surface area contributed by atoms with Crippen LogP contribution in [0, 0.1) is 10.1 Å². The minimum Gasteiger partial charge on any atom is -0.478 e. The SMILES string of the molecule is O=C(O)c1cccc(Oc2cccc(CN(Cc3ccc([N+](=O)[O-])cc3)Cc3cn(C(c4ccccc4)(c4ccccc4)c4ccccc4)cn3)c2)c1. The van der Waals surface area contributed by atoms with E-state index >= 15 is 0 Å². The second kappa shape index (κ2) is 15.6. The van der Waals surface area contributed by atoms with Crippen LogP contribution in [0.25, 0.3) is 0 Å². The number of aromatic nitrogens is 2. The van der Waals surface area contributed by atoms with Crippen LogP contribution in [0.3, 0.4) is 0 Å². The lowest BCUT2D eigenvalue weighted by Gasteiger charge is -2.37. The van der Waals surface area contributed by atoms with Crippen molar-refractivity contribution in [2.24, 2.45) is 0 Å². The molecule has 0 fully saturated rings. The summed E-state index contributed by atoms with van der Waals surface area (Å²) in [7, 11) is 0. The van der Waals surface area contributed by atoms with Crippen LogP contribution in [0.1, 0.15) is 43.9 Å². The maximum atomic E-state index is 11.5. The van der Waals surface area contributed by atoms with Crippen molar-refractivity contribution < 1.29 is 19.6 Å². The molecule has 7 rings (SSSR count). The van der Waals surface area contributed by atoms with E-state index in [2.05, 4.69) is 88.5 Å². The highest BCUT2D eigenvalue weighted by atomic mass is 16.6. The van der Waals surface area contributed by atoms with Crippen LogP contribution >= 0.6 is 0 Å². The molecule has 0 spiro atoms. The summed E-state index contributed by atoms with van der Waals surface area (Å²) in [6.07, 6.45) is 4.00. The molecule has 0 aliphatic carbocycles. The summed E-state index contributed by atoms with van der Waals surface area (Å²) >= 11 is 0. The lowest BCUT2D eigenvalue weighted by molar-refractivity contribution is -0.384. The fourth-order valence-corrected chi connectivity index (χ4v) is 6.79. The van der Waals surface area contributed by atoms with Crippen LogP contribution in [0.4, 0.5) is 5.69 Å². The van der Waals surface area contributed by atoms with Gasteiger partial charge in [0.2, 0.25) is 0 Å². The largest absolute Gasteiger partial charge is 0.478 e. The molecule has 0 saturated carbocycles. The number of benzene rings is 6. The second-order valence-electron chi connectivity index (χ2n) is 12.7. The van der Waals surface area contributed by atoms with E-state index in [9.17, 15) is 20.0 Å². The van der Waals surface area contributed by atoms with Crippen LogP contribution < -0.4 is 4.74 Å². The van der Waals surface area contributed by atoms with Gasteiger partial charge in [-0.3, -0.25) is 15.0 Å². The molecule has 53 heavy (non-hydrogen) atoms. The van der Waals surface area contributed by atoms with Crippen molar-refractivity contribution in [3.63, 3.8) is 0 Å². The number of nitro benzene ring substituents is 1. The smallest absolute Gasteiger partial charge is 0.335 e. The number of carboxylic acids is 1. The minimum absolute atomic E-state index is 0.0370. The Labute approximate surface area is 307 Å². The Morgan fingerprint density at radius 2 is 1.23 bits per heavy atom. The zero-order chi connectivity index (χ0) is 36.6. The second-order valence-corrected chi connectivity index (χ2v) is 12.7. The summed E-state index contributed by atoms with van der Waals surface area (Å²) < 4.78 is 8.26. The zero-order valence-electron chi connectivity index (χ0n) is 28.7. The Kier molecular flexibility index (Phi) is 10.2. The number of ether oxygens (including phenoxy) is 1. The first-order chi connectivity index (χ1) is 25.9. The van der Waals surface area contributed by atoms with Crippen LogP contribution in [-0.4, -0.2) is 30.5 Å². The first kappa shape index (κ1) is 34.6. The Bertz CT molecular complexity index is 2210. The molecule has 0 aliphatic heterocycles. The van der Waals surface area contributed by atoms with Gasteiger partial charge in [-0.2, -0.15) is 0 Å². The Morgan fingerprint density at radius 3 is 1.79 bits per heavy atom. The molecule has 1 aromatic heterocycles. The van der Waals surface area contributed by atoms with Crippen molar-refractivity contribution in [1.29, 1.82) is 0 Å². The van der Waals surface area contributed by atoms with Crippen LogP contribution in [0.15, 0.2) is 176 Å². The topological polar surface area (TPSA) is 111 Å². The predicted molar refractivity (Wildman–Crippen MR) is 203 cm³/mol. The number of aromatic carboxylic acids is 1. The van der Waals surface area contributed by atoms with Crippen LogP contribution in [0.5, 0.6) is 11.5 Å². The third kappa shape index (κ3) is 7.75. The highest BCUT2D eigenvalue weighted by Gasteiger charge is 2.38. The molecule has 9 heteroatoms. The summed E-state index contributed by atoms with van der Waals surface area (Å²) in [4.78, 5) is 29.7. The van der Waals surface area contributed by atoms with Gasteiger partial charge in [0.15, 0.2) is 0 Å². The maximum Gasteiger partial charge on any atom is 0.335 e. The van der Waals surface area contributed by atoms with Gasteiger partial charge in [0.1, 0.15) is 17.0 Å². The minimum atomic E-state index is -1.03. The van der Waals surface area contributed by atoms with E-state index in [1.807, 2.05) is 48.8 Å². The molecule has 0 atom stereocenters. The molecule has 1 N–H and O–H groups in total. The third-order valence-electron chi connectivity index (χ3n) is 9.16. The Balaban J connectivity index is 1.24. The molecule has 0 amide bonds. The summed E-state index contributed by atoms with van der Waals surface area (Å²) in [6, 6.07) is 51.9. The first-order valence-electron chi connectivity index (χ1n) is 17.1. The molecular formula is C44H36N4O5. The quantitative estimate of drug-likeness (QED) is 0.0684. The molecule has 0 saturated heterocycles. The average molecular weight is 701 g/mol. The van der Waals surface area contributed by atoms with Gasteiger partial charge < -0.3 is 14.4 Å². The molecule has 0 radical (unpaired) electrons. The fraction of sp³-hybridized carbons (Fsp3) is 0.0909. The standard InChI is InChI=1S/C44H36N4O5/c49-43(50)35-13-11-21-42(27-35)53-41-20-10-12-34(26-41)29-46(28-33-22-24-40(25-23-33)48(51)52)30-39-31-47(32-45-39)44(36-14-4-1-5-15-36,37-16-6-2-7-17-37)38-18-8-3-9-19-38/h1-27,31-32H,28-30H2,(H,49,50). The van der Waals surface area contributed by atoms with E-state index in [-0.39, 0.29) is 11.3 Å². The van der Waals surface area contributed by atoms with Gasteiger partial charge in [-0.1, -0.05) is 121 Å². The number of non-ortho nitro benzene ring substituents is 1. The molecule has 0 aliphatic rings. The Morgan fingerprint density at radius 1 is 0.679 bits per heavy atom. The number of carboxylic acid groups (broad SMARTS) is 1. The number of hydrogen-bond acceptors (Lipinski definition) is 6. The van der Waals surface area contributed by atoms with Crippen molar-refractivity contribution in [2.75, 3.05) is 0 Å². The van der Waals surface area contributed by atoms with Crippen molar-refractivity contribution in [3.8, 4) is 11.5 Å². The summed E-state index contributed by atoms with van der Waals surface area (Å²) in [5.74, 6) is -0.0286. The van der Waals surface area contributed by atoms with Gasteiger partial charge in [-0.25, -0.2) is 9.78 Å². The number of imidazole rings is 1. The van der Waals surface area contributed by atoms with Gasteiger partial charge in [0, 0.05) is 38.0 Å². The van der Waals surface area contributed by atoms with Crippen molar-refractivity contribution >= 4 is 11.7 Å². The molecule has 262 valence electrons. The molecular weight excluding hydrogens is 665 g/mol. The van der Waals surface area contributed by atoms with E-state index in [1.165, 1.54) is 24.3 Å². The van der Waals surface area contributed by atoms with Crippen molar-refractivity contribution in [3.05, 3.63) is 226 Å². The Hall–Kier alpha value is -6.84. The number of carbonyl (C=O) groups is 1. The zero-order valence-corrected chi connectivity index (χ0v) is 28.7. The number of hydrogen-bond donors (Lipinski definition) is 1. The highest BCUT2D eigenvalue weighted by Crippen LogP contribution is 2.41. The van der Waals surface area contributed by atoms with E-state index in [0.29, 0.717) is 31.1 Å². The van der Waals surface area contributed by atoms with Crippen molar-refractivity contribution in [2.45, 2.75) is 25.2 Å². The van der Waals surface area contributed by atoms with Gasteiger partial charge in [-0.15, -0.1) is 0 Å². The lowest BCUT2D eigenvalue weighted by atomic mass is 9.77. The average Bonchev–Trinajstić information content (AvgIpc) is 3.65. The highest BCUT2D eigenvalue weighted by molar-refractivity contribution is 5.88. The fourth-order valence-electron chi connectivity index (χ4n) is 6.79. The van der Waals surface area contributed by atoms with Gasteiger partial charge >= 0.3 is 5.97 Å². The number of nitro groups is 1. The van der Waals surface area contributed by atoms with Gasteiger partial charge in [0.25, 0.3) is 5.69 Å². The first-order valence-corrected chi connectivity index (χ1v) is 17.1. The summed E-state index contributed by atoms with van der Waals surface area (Å²) in [5, 5.41) is 20.8. The van der Waals surface area contributed by atoms with Gasteiger partial charge in [0.05, 0.1) is 22.5 Å². The summed E-state index contributed by atoms with van der Waals surface area (Å²) in [5.41, 5.74) is 5.47. The molecule has 1 heterocycles. The van der Waals surface area contributed by atoms with E-state index in [4.69, 9.17) is 9.72 Å². The van der Waals surface area contributed by atoms with Crippen LogP contribution in [-0.2, 0) is 25.2 Å². The molecule has 7 aromatic rings. The lowest BCUT2D eigenvalue weighted by Crippen LogP contribution is -2.37. The molecule has 6 aromatic carbocycles. The normalized spacial score (nSPS) is 11.3. The van der Waals surface area contributed by atoms with E-state index < -0.39 is 16.4 Å². The third-order valence-corrected chi connectivity index (χ3v) is 9.16. The molecule has 9 nitrogen and oxygen atoms in total. The predicted octanol–water partition coefficient (Wildman–Crippen LogP) is 9.32. The maximum absolute atomic E-state index is 11.5. The van der Waals surface area contributed by atoms with Crippen LogP contribution in [0.2, 0.25) is 0 Å². The monoisotopic (exact) mass is 700 g/mol. The van der Waals surface area contributed by atoms with Gasteiger partial charge in [-0.05, 0) is 58.1 Å². The van der Waals surface area contributed by atoms with E-state index in [1.54, 1.807) is 24.3 Å². The number of rotatable bonds is 14. The summed E-state index contributed by atoms with van der Waals surface area (Å²) in [6.45, 7) is 1.49.